The predicted octanol–water partition coefficient (Wildman–Crippen LogP) is 3.23. The Hall–Kier alpha value is -1.31. The van der Waals surface area contributed by atoms with Crippen LogP contribution in [-0.2, 0) is 5.41 Å². The maximum absolute atomic E-state index is 11.6. The number of thiocarbonyl (C=S) groups is 1. The van der Waals surface area contributed by atoms with Crippen LogP contribution in [0.15, 0.2) is 29.3 Å². The summed E-state index contributed by atoms with van der Waals surface area (Å²) in [6.45, 7) is 6.17. The lowest BCUT2D eigenvalue weighted by molar-refractivity contribution is 0.100. The van der Waals surface area contributed by atoms with Gasteiger partial charge in [-0.05, 0) is 29.3 Å². The second-order valence-electron chi connectivity index (χ2n) is 4.30. The zero-order chi connectivity index (χ0) is 11.5. The van der Waals surface area contributed by atoms with Gasteiger partial charge in [-0.2, -0.15) is 4.99 Å². The van der Waals surface area contributed by atoms with Crippen molar-refractivity contribution in [3.8, 4) is 0 Å². The number of isothiocyanates is 1. The highest BCUT2D eigenvalue weighted by molar-refractivity contribution is 7.78. The smallest absolute Gasteiger partial charge is 0.266 e. The van der Waals surface area contributed by atoms with Gasteiger partial charge >= 0.3 is 0 Å². The first-order valence-electron chi connectivity index (χ1n) is 4.68. The first kappa shape index (κ1) is 11.8. The first-order chi connectivity index (χ1) is 6.96. The zero-order valence-corrected chi connectivity index (χ0v) is 9.89. The fraction of sp³-hybridized carbons (Fsp3) is 0.333. The summed E-state index contributed by atoms with van der Waals surface area (Å²) < 4.78 is 0. The van der Waals surface area contributed by atoms with Crippen LogP contribution in [0.1, 0.15) is 36.7 Å². The monoisotopic (exact) mass is 219 g/mol. The van der Waals surface area contributed by atoms with Gasteiger partial charge in [0, 0.05) is 5.56 Å². The highest BCUT2D eigenvalue weighted by Gasteiger charge is 2.20. The normalized spacial score (nSPS) is 10.6. The minimum Gasteiger partial charge on any atom is -0.266 e. The van der Waals surface area contributed by atoms with Crippen LogP contribution in [0.2, 0.25) is 0 Å². The first-order valence-corrected chi connectivity index (χ1v) is 5.09. The van der Waals surface area contributed by atoms with Crippen LogP contribution in [0.25, 0.3) is 0 Å². The van der Waals surface area contributed by atoms with Gasteiger partial charge < -0.3 is 0 Å². The number of hydrogen-bond donors (Lipinski definition) is 0. The van der Waals surface area contributed by atoms with Gasteiger partial charge in [0.15, 0.2) is 0 Å². The van der Waals surface area contributed by atoms with Crippen molar-refractivity contribution >= 4 is 23.3 Å². The molecule has 0 aliphatic heterocycles. The minimum absolute atomic E-state index is 0.0801. The molecule has 1 aromatic rings. The average Bonchev–Trinajstić information content (AvgIpc) is 2.17. The Morgan fingerprint density at radius 1 is 1.33 bits per heavy atom. The van der Waals surface area contributed by atoms with Crippen LogP contribution in [0.4, 0.5) is 0 Å². The van der Waals surface area contributed by atoms with Gasteiger partial charge in [0.1, 0.15) is 0 Å². The van der Waals surface area contributed by atoms with E-state index in [1.54, 1.807) is 6.07 Å². The van der Waals surface area contributed by atoms with Crippen LogP contribution < -0.4 is 0 Å². The summed E-state index contributed by atoms with van der Waals surface area (Å²) in [5, 5.41) is 2.10. The van der Waals surface area contributed by atoms with Crippen LogP contribution >= 0.6 is 12.2 Å². The van der Waals surface area contributed by atoms with E-state index in [2.05, 4.69) is 43.1 Å². The van der Waals surface area contributed by atoms with Crippen molar-refractivity contribution < 1.29 is 4.79 Å². The largest absolute Gasteiger partial charge is 0.286 e. The molecule has 0 bridgehead atoms. The van der Waals surface area contributed by atoms with E-state index in [-0.39, 0.29) is 11.3 Å². The maximum atomic E-state index is 11.6. The Bertz CT molecular complexity index is 425. The lowest BCUT2D eigenvalue weighted by Gasteiger charge is -2.21. The number of amides is 1. The van der Waals surface area contributed by atoms with Crippen LogP contribution in [0.3, 0.4) is 0 Å². The Kier molecular flexibility index (Phi) is 3.51. The molecule has 0 saturated carbocycles. The lowest BCUT2D eigenvalue weighted by Crippen LogP contribution is -2.16. The highest BCUT2D eigenvalue weighted by Crippen LogP contribution is 2.25. The van der Waals surface area contributed by atoms with E-state index in [1.807, 2.05) is 18.2 Å². The molecule has 0 unspecified atom stereocenters. The molecule has 0 fully saturated rings. The summed E-state index contributed by atoms with van der Waals surface area (Å²) in [5.74, 6) is -0.324. The van der Waals surface area contributed by atoms with Gasteiger partial charge in [-0.25, -0.2) is 0 Å². The van der Waals surface area contributed by atoms with E-state index in [1.165, 1.54) is 0 Å². The Morgan fingerprint density at radius 3 is 2.47 bits per heavy atom. The molecular weight excluding hydrogens is 206 g/mol. The highest BCUT2D eigenvalue weighted by atomic mass is 32.1. The van der Waals surface area contributed by atoms with Crippen molar-refractivity contribution in [3.05, 3.63) is 35.4 Å². The minimum atomic E-state index is -0.324. The number of nitrogens with zero attached hydrogens (tertiary/aromatic N) is 1. The van der Waals surface area contributed by atoms with Crippen LogP contribution in [0.5, 0.6) is 0 Å². The van der Waals surface area contributed by atoms with E-state index in [9.17, 15) is 4.79 Å². The van der Waals surface area contributed by atoms with Gasteiger partial charge in [-0.3, -0.25) is 4.79 Å². The average molecular weight is 219 g/mol. The fourth-order valence-electron chi connectivity index (χ4n) is 1.43. The van der Waals surface area contributed by atoms with Crippen molar-refractivity contribution in [3.63, 3.8) is 0 Å². The van der Waals surface area contributed by atoms with E-state index in [4.69, 9.17) is 0 Å². The summed E-state index contributed by atoms with van der Waals surface area (Å²) in [4.78, 5) is 15.1. The number of aliphatic imine (C=N–C) groups is 1. The van der Waals surface area contributed by atoms with Crippen molar-refractivity contribution in [2.45, 2.75) is 26.2 Å². The molecule has 0 atom stereocenters. The van der Waals surface area contributed by atoms with Crippen molar-refractivity contribution in [2.24, 2.45) is 4.99 Å². The second kappa shape index (κ2) is 4.47. The molecule has 0 aromatic heterocycles. The number of hydrogen-bond acceptors (Lipinski definition) is 2. The molecule has 0 aliphatic rings. The summed E-state index contributed by atoms with van der Waals surface area (Å²) in [7, 11) is 0. The molecule has 1 amide bonds. The third kappa shape index (κ3) is 2.82. The second-order valence-corrected chi connectivity index (χ2v) is 4.49. The van der Waals surface area contributed by atoms with Gasteiger partial charge in [-0.1, -0.05) is 39.0 Å². The van der Waals surface area contributed by atoms with Gasteiger partial charge in [0.25, 0.3) is 5.91 Å². The zero-order valence-electron chi connectivity index (χ0n) is 9.07. The Labute approximate surface area is 95.0 Å². The number of carbonyl (C=O) groups is 1. The van der Waals surface area contributed by atoms with Crippen molar-refractivity contribution in [1.29, 1.82) is 0 Å². The molecule has 0 radical (unpaired) electrons. The Morgan fingerprint density at radius 2 is 1.93 bits per heavy atom. The quantitative estimate of drug-likeness (QED) is 0.536. The molecule has 1 rings (SSSR count). The van der Waals surface area contributed by atoms with E-state index >= 15 is 0 Å². The molecule has 0 spiro atoms. The molecule has 15 heavy (non-hydrogen) atoms. The van der Waals surface area contributed by atoms with E-state index in [0.29, 0.717) is 5.56 Å². The summed E-state index contributed by atoms with van der Waals surface area (Å²) in [5.41, 5.74) is 1.50. The molecular formula is C12H13NOS. The van der Waals surface area contributed by atoms with Crippen molar-refractivity contribution in [1.82, 2.24) is 0 Å². The van der Waals surface area contributed by atoms with E-state index in [0.717, 1.165) is 5.56 Å². The van der Waals surface area contributed by atoms with E-state index < -0.39 is 0 Å². The van der Waals surface area contributed by atoms with Crippen LogP contribution in [-0.4, -0.2) is 11.1 Å². The standard InChI is InChI=1S/C12H13NOS/c1-12(2,3)10-7-5-4-6-9(10)11(14)13-8-15/h4-7H,1-3H3. The molecule has 78 valence electrons. The van der Waals surface area contributed by atoms with Gasteiger partial charge in [0.2, 0.25) is 0 Å². The lowest BCUT2D eigenvalue weighted by atomic mass is 9.83. The maximum Gasteiger partial charge on any atom is 0.286 e. The fourth-order valence-corrected chi connectivity index (χ4v) is 1.51. The Balaban J connectivity index is 3.30. The molecule has 3 heteroatoms. The van der Waals surface area contributed by atoms with Gasteiger partial charge in [-0.15, -0.1) is 0 Å². The molecule has 1 aromatic carbocycles. The molecule has 0 saturated heterocycles. The predicted molar refractivity (Wildman–Crippen MR) is 64.5 cm³/mol. The molecule has 2 nitrogen and oxygen atoms in total. The number of benzene rings is 1. The van der Waals surface area contributed by atoms with Crippen LogP contribution in [0, 0.1) is 0 Å². The summed E-state index contributed by atoms with van der Waals surface area (Å²) >= 11 is 4.43. The van der Waals surface area contributed by atoms with Gasteiger partial charge in [0.05, 0.1) is 5.16 Å². The summed E-state index contributed by atoms with van der Waals surface area (Å²) in [6.07, 6.45) is 0. The van der Waals surface area contributed by atoms with Crippen molar-refractivity contribution in [2.75, 3.05) is 0 Å². The third-order valence-electron chi connectivity index (χ3n) is 2.11. The number of rotatable bonds is 1. The molecule has 0 N–H and O–H groups in total. The topological polar surface area (TPSA) is 29.4 Å². The number of carbonyl (C=O) groups excluding carboxylic acids is 1. The molecule has 0 heterocycles. The third-order valence-corrected chi connectivity index (χ3v) is 2.20. The molecule has 0 aliphatic carbocycles. The SMILES string of the molecule is CC(C)(C)c1ccccc1C(=O)N=C=S. The summed E-state index contributed by atoms with van der Waals surface area (Å²) in [6, 6.07) is 7.44.